The van der Waals surface area contributed by atoms with E-state index in [2.05, 4.69) is 19.9 Å². The molecule has 0 radical (unpaired) electrons. The second-order valence-electron chi connectivity index (χ2n) is 6.67. The molecule has 0 aromatic heterocycles. The summed E-state index contributed by atoms with van der Waals surface area (Å²) in [6.45, 7) is 4.58. The summed E-state index contributed by atoms with van der Waals surface area (Å²) in [6, 6.07) is 0. The van der Waals surface area contributed by atoms with Gasteiger partial charge in [0.2, 0.25) is 0 Å². The summed E-state index contributed by atoms with van der Waals surface area (Å²) >= 11 is 0. The van der Waals surface area contributed by atoms with Gasteiger partial charge in [-0.3, -0.25) is 4.79 Å². The smallest absolute Gasteiger partial charge is 0.190 e. The maximum absolute atomic E-state index is 12.7. The summed E-state index contributed by atoms with van der Waals surface area (Å²) in [4.78, 5) is 12.7. The van der Waals surface area contributed by atoms with Gasteiger partial charge in [-0.25, -0.2) is 0 Å². The van der Waals surface area contributed by atoms with Gasteiger partial charge in [-0.1, -0.05) is 19.9 Å². The topological polar surface area (TPSA) is 26.3 Å². The van der Waals surface area contributed by atoms with E-state index in [9.17, 15) is 4.79 Å². The molecule has 2 rings (SSSR count). The second kappa shape index (κ2) is 5.16. The molecule has 0 N–H and O–H groups in total. The molecule has 2 aliphatic rings. The molecule has 0 spiro atoms. The Morgan fingerprint density at radius 1 is 1.17 bits per heavy atom. The Morgan fingerprint density at radius 3 is 2.33 bits per heavy atom. The first-order chi connectivity index (χ1) is 8.49. The van der Waals surface area contributed by atoms with Crippen LogP contribution in [0.3, 0.4) is 0 Å². The summed E-state index contributed by atoms with van der Waals surface area (Å²) in [5.41, 5.74) is 0.880. The van der Waals surface area contributed by atoms with E-state index in [1.54, 1.807) is 7.11 Å². The van der Waals surface area contributed by atoms with E-state index in [1.165, 1.54) is 6.42 Å². The molecule has 0 saturated heterocycles. The molecule has 18 heavy (non-hydrogen) atoms. The molecule has 2 nitrogen and oxygen atoms in total. The van der Waals surface area contributed by atoms with E-state index in [0.29, 0.717) is 5.41 Å². The number of hydrogen-bond acceptors (Lipinski definition) is 2. The maximum atomic E-state index is 12.7. The van der Waals surface area contributed by atoms with Gasteiger partial charge < -0.3 is 4.74 Å². The lowest BCUT2D eigenvalue weighted by Crippen LogP contribution is -2.46. The van der Waals surface area contributed by atoms with Crippen LogP contribution in [0.4, 0.5) is 0 Å². The SMILES string of the molecule is COC1(C(=O)C2=CCCCC2)CCC(C)(C)CC1. The van der Waals surface area contributed by atoms with Gasteiger partial charge in [0.05, 0.1) is 0 Å². The van der Waals surface area contributed by atoms with Crippen LogP contribution < -0.4 is 0 Å². The summed E-state index contributed by atoms with van der Waals surface area (Å²) in [5, 5.41) is 0. The largest absolute Gasteiger partial charge is 0.370 e. The molecule has 2 aliphatic carbocycles. The molecule has 0 aromatic rings. The molecule has 0 aliphatic heterocycles. The average molecular weight is 250 g/mol. The predicted octanol–water partition coefficient (Wildman–Crippen LogP) is 4.04. The van der Waals surface area contributed by atoms with Crippen molar-refractivity contribution in [2.75, 3.05) is 7.11 Å². The van der Waals surface area contributed by atoms with Crippen molar-refractivity contribution in [3.8, 4) is 0 Å². The van der Waals surface area contributed by atoms with E-state index < -0.39 is 5.60 Å². The Bertz CT molecular complexity index is 342. The molecule has 0 heterocycles. The first kappa shape index (κ1) is 13.8. The number of rotatable bonds is 3. The van der Waals surface area contributed by atoms with Gasteiger partial charge in [0.1, 0.15) is 5.60 Å². The lowest BCUT2D eigenvalue weighted by atomic mass is 9.68. The lowest BCUT2D eigenvalue weighted by Gasteiger charge is -2.42. The van der Waals surface area contributed by atoms with Crippen molar-refractivity contribution in [2.45, 2.75) is 70.8 Å². The third kappa shape index (κ3) is 2.69. The van der Waals surface area contributed by atoms with Crippen molar-refractivity contribution in [2.24, 2.45) is 5.41 Å². The van der Waals surface area contributed by atoms with Crippen LogP contribution in [0, 0.1) is 5.41 Å². The fraction of sp³-hybridized carbons (Fsp3) is 0.812. The molecule has 2 heteroatoms. The van der Waals surface area contributed by atoms with E-state index >= 15 is 0 Å². The van der Waals surface area contributed by atoms with Gasteiger partial charge in [-0.05, 0) is 62.4 Å². The Balaban J connectivity index is 2.13. The minimum Gasteiger partial charge on any atom is -0.370 e. The highest BCUT2D eigenvalue weighted by Gasteiger charge is 2.44. The molecular formula is C16H26O2. The highest BCUT2D eigenvalue weighted by atomic mass is 16.5. The maximum Gasteiger partial charge on any atom is 0.190 e. The zero-order chi connectivity index (χ0) is 13.2. The van der Waals surface area contributed by atoms with Crippen molar-refractivity contribution in [1.82, 2.24) is 0 Å². The van der Waals surface area contributed by atoms with Crippen molar-refractivity contribution >= 4 is 5.78 Å². The standard InChI is InChI=1S/C16H26O2/c1-15(2)9-11-16(18-3,12-10-15)14(17)13-7-5-4-6-8-13/h7H,4-6,8-12H2,1-3H3. The zero-order valence-corrected chi connectivity index (χ0v) is 12.1. The molecule has 0 atom stereocenters. The molecular weight excluding hydrogens is 224 g/mol. The highest BCUT2D eigenvalue weighted by molar-refractivity contribution is 6.02. The van der Waals surface area contributed by atoms with Crippen molar-refractivity contribution in [3.63, 3.8) is 0 Å². The molecule has 0 bridgehead atoms. The summed E-state index contributed by atoms with van der Waals surface area (Å²) < 4.78 is 5.70. The normalized spacial score (nSPS) is 26.5. The van der Waals surface area contributed by atoms with Crippen LogP contribution in [0.15, 0.2) is 11.6 Å². The first-order valence-electron chi connectivity index (χ1n) is 7.28. The summed E-state index contributed by atoms with van der Waals surface area (Å²) in [6.07, 6.45) is 10.5. The Labute approximate surface area is 111 Å². The highest BCUT2D eigenvalue weighted by Crippen LogP contribution is 2.43. The van der Waals surface area contributed by atoms with Crippen molar-refractivity contribution in [3.05, 3.63) is 11.6 Å². The lowest BCUT2D eigenvalue weighted by molar-refractivity contribution is -0.144. The van der Waals surface area contributed by atoms with Crippen LogP contribution in [0.5, 0.6) is 0 Å². The third-order valence-electron chi connectivity index (χ3n) is 4.80. The number of allylic oxidation sites excluding steroid dienone is 1. The third-order valence-corrected chi connectivity index (χ3v) is 4.80. The number of methoxy groups -OCH3 is 1. The quantitative estimate of drug-likeness (QED) is 0.755. The predicted molar refractivity (Wildman–Crippen MR) is 73.5 cm³/mol. The first-order valence-corrected chi connectivity index (χ1v) is 7.28. The summed E-state index contributed by atoms with van der Waals surface area (Å²) in [7, 11) is 1.71. The van der Waals surface area contributed by atoms with Crippen LogP contribution >= 0.6 is 0 Å². The average Bonchev–Trinajstić information content (AvgIpc) is 2.40. The van der Waals surface area contributed by atoms with Gasteiger partial charge in [0, 0.05) is 7.11 Å². The van der Waals surface area contributed by atoms with Gasteiger partial charge in [0.15, 0.2) is 5.78 Å². The van der Waals surface area contributed by atoms with E-state index in [0.717, 1.165) is 50.5 Å². The Hall–Kier alpha value is -0.630. The molecule has 1 saturated carbocycles. The second-order valence-corrected chi connectivity index (χ2v) is 6.67. The van der Waals surface area contributed by atoms with Crippen LogP contribution in [-0.4, -0.2) is 18.5 Å². The van der Waals surface area contributed by atoms with Gasteiger partial charge in [0.25, 0.3) is 0 Å². The number of Topliss-reactive ketones (excluding diaryl/α,β-unsaturated/α-hetero) is 1. The van der Waals surface area contributed by atoms with Gasteiger partial charge in [-0.2, -0.15) is 0 Å². The minimum atomic E-state index is -0.515. The fourth-order valence-electron chi connectivity index (χ4n) is 3.19. The Morgan fingerprint density at radius 2 is 1.83 bits per heavy atom. The van der Waals surface area contributed by atoms with Crippen molar-refractivity contribution < 1.29 is 9.53 Å². The number of hydrogen-bond donors (Lipinski definition) is 0. The monoisotopic (exact) mass is 250 g/mol. The number of ether oxygens (including phenoxy) is 1. The molecule has 0 amide bonds. The minimum absolute atomic E-state index is 0.278. The van der Waals surface area contributed by atoms with Crippen LogP contribution in [0.25, 0.3) is 0 Å². The number of carbonyl (C=O) groups is 1. The van der Waals surface area contributed by atoms with E-state index in [1.807, 2.05) is 0 Å². The van der Waals surface area contributed by atoms with Crippen molar-refractivity contribution in [1.29, 1.82) is 0 Å². The fourth-order valence-corrected chi connectivity index (χ4v) is 3.19. The van der Waals surface area contributed by atoms with Gasteiger partial charge >= 0.3 is 0 Å². The Kier molecular flexibility index (Phi) is 3.96. The summed E-state index contributed by atoms with van der Waals surface area (Å²) in [5.74, 6) is 0.278. The molecule has 0 unspecified atom stereocenters. The van der Waals surface area contributed by atoms with Gasteiger partial charge in [-0.15, -0.1) is 0 Å². The molecule has 1 fully saturated rings. The van der Waals surface area contributed by atoms with E-state index in [-0.39, 0.29) is 5.78 Å². The number of ketones is 1. The number of carbonyl (C=O) groups excluding carboxylic acids is 1. The van der Waals surface area contributed by atoms with E-state index in [4.69, 9.17) is 4.74 Å². The van der Waals surface area contributed by atoms with Crippen LogP contribution in [0.1, 0.15) is 65.2 Å². The zero-order valence-electron chi connectivity index (χ0n) is 12.1. The molecule has 102 valence electrons. The van der Waals surface area contributed by atoms with Crippen LogP contribution in [-0.2, 0) is 9.53 Å². The van der Waals surface area contributed by atoms with Crippen LogP contribution in [0.2, 0.25) is 0 Å². The molecule has 0 aromatic carbocycles.